The van der Waals surface area contributed by atoms with E-state index in [2.05, 4.69) is 30.7 Å². The minimum absolute atomic E-state index is 0.0161. The molecule has 1 fully saturated rings. The predicted octanol–water partition coefficient (Wildman–Crippen LogP) is 1.65. The van der Waals surface area contributed by atoms with Crippen molar-refractivity contribution in [1.29, 1.82) is 0 Å². The first kappa shape index (κ1) is 14.5. The molecule has 1 aliphatic heterocycles. The van der Waals surface area contributed by atoms with Gasteiger partial charge in [-0.15, -0.1) is 0 Å². The van der Waals surface area contributed by atoms with Gasteiger partial charge < -0.3 is 10.6 Å². The van der Waals surface area contributed by atoms with Gasteiger partial charge in [-0.25, -0.2) is 4.98 Å². The summed E-state index contributed by atoms with van der Waals surface area (Å²) in [5.74, 6) is 6.24. The van der Waals surface area contributed by atoms with E-state index in [0.717, 1.165) is 18.5 Å². The number of rotatable bonds is 1. The zero-order chi connectivity index (χ0) is 14.5. The van der Waals surface area contributed by atoms with E-state index >= 15 is 0 Å². The van der Waals surface area contributed by atoms with Crippen molar-refractivity contribution >= 4 is 5.91 Å². The first-order valence-electron chi connectivity index (χ1n) is 7.09. The molecule has 1 aliphatic rings. The molecular weight excluding hydrogens is 250 g/mol. The molecule has 1 aromatic heterocycles. The van der Waals surface area contributed by atoms with Crippen molar-refractivity contribution in [3.05, 3.63) is 29.6 Å². The number of likely N-dealkylation sites (tertiary alicyclic amines) is 1. The van der Waals surface area contributed by atoms with Gasteiger partial charge in [0.25, 0.3) is 5.91 Å². The van der Waals surface area contributed by atoms with Crippen LogP contribution in [0.2, 0.25) is 0 Å². The third-order valence-electron chi connectivity index (χ3n) is 3.95. The summed E-state index contributed by atoms with van der Waals surface area (Å²) in [6.07, 6.45) is 3.89. The normalized spacial score (nSPS) is 22.1. The minimum Gasteiger partial charge on any atom is -0.334 e. The highest BCUT2D eigenvalue weighted by Crippen LogP contribution is 2.24. The van der Waals surface area contributed by atoms with Crippen LogP contribution in [0.15, 0.2) is 18.3 Å². The van der Waals surface area contributed by atoms with Crippen LogP contribution in [-0.4, -0.2) is 34.9 Å². The summed E-state index contributed by atoms with van der Waals surface area (Å²) in [7, 11) is 0. The molecule has 2 atom stereocenters. The largest absolute Gasteiger partial charge is 0.334 e. The van der Waals surface area contributed by atoms with Gasteiger partial charge in [0.15, 0.2) is 0 Å². The van der Waals surface area contributed by atoms with Gasteiger partial charge in [0.1, 0.15) is 5.69 Å². The van der Waals surface area contributed by atoms with E-state index in [9.17, 15) is 4.79 Å². The lowest BCUT2D eigenvalue weighted by Crippen LogP contribution is -2.46. The summed E-state index contributed by atoms with van der Waals surface area (Å²) in [6, 6.07) is 3.84. The molecule has 0 bridgehead atoms. The number of pyridine rings is 1. The number of aromatic nitrogens is 1. The minimum atomic E-state index is 0.0161. The molecule has 0 aromatic carbocycles. The Bertz CT molecular complexity index is 527. The number of hydrogen-bond donors (Lipinski definition) is 1. The van der Waals surface area contributed by atoms with Gasteiger partial charge in [-0.2, -0.15) is 0 Å². The number of nitrogens with zero attached hydrogens (tertiary/aromatic N) is 2. The van der Waals surface area contributed by atoms with Crippen molar-refractivity contribution in [2.75, 3.05) is 13.1 Å². The smallest absolute Gasteiger partial charge is 0.272 e. The van der Waals surface area contributed by atoms with Gasteiger partial charge in [-0.05, 0) is 37.8 Å². The lowest BCUT2D eigenvalue weighted by atomic mass is 9.92. The van der Waals surface area contributed by atoms with Gasteiger partial charge in [-0.1, -0.05) is 18.8 Å². The Morgan fingerprint density at radius 1 is 1.50 bits per heavy atom. The van der Waals surface area contributed by atoms with Crippen LogP contribution in [0, 0.1) is 17.8 Å². The maximum Gasteiger partial charge on any atom is 0.272 e. The molecule has 0 spiro atoms. The summed E-state index contributed by atoms with van der Waals surface area (Å²) < 4.78 is 0. The fraction of sp³-hybridized carbons (Fsp3) is 0.500. The third kappa shape index (κ3) is 3.17. The number of nitrogens with two attached hydrogens (primary N) is 1. The SMILES string of the molecule is CC1CCCN(C(=O)c2ccc(C#CCN)cn2)C1C. The first-order chi connectivity index (χ1) is 9.63. The average Bonchev–Trinajstić information content (AvgIpc) is 2.48. The Balaban J connectivity index is 2.12. The summed E-state index contributed by atoms with van der Waals surface area (Å²) in [6.45, 7) is 5.45. The summed E-state index contributed by atoms with van der Waals surface area (Å²) in [5.41, 5.74) is 6.60. The zero-order valence-corrected chi connectivity index (χ0v) is 12.1. The number of carbonyl (C=O) groups is 1. The molecule has 1 amide bonds. The fourth-order valence-electron chi connectivity index (χ4n) is 2.52. The monoisotopic (exact) mass is 271 g/mol. The molecule has 0 radical (unpaired) electrons. The summed E-state index contributed by atoms with van der Waals surface area (Å²) >= 11 is 0. The third-order valence-corrected chi connectivity index (χ3v) is 3.95. The molecule has 0 saturated carbocycles. The molecule has 106 valence electrons. The van der Waals surface area contributed by atoms with Crippen LogP contribution in [0.5, 0.6) is 0 Å². The average molecular weight is 271 g/mol. The maximum absolute atomic E-state index is 12.5. The topological polar surface area (TPSA) is 59.2 Å². The van der Waals surface area contributed by atoms with Gasteiger partial charge in [0, 0.05) is 24.3 Å². The molecule has 4 nitrogen and oxygen atoms in total. The molecular formula is C16H21N3O. The molecule has 1 saturated heterocycles. The molecule has 4 heteroatoms. The van der Waals surface area contributed by atoms with Gasteiger partial charge >= 0.3 is 0 Å². The number of piperidine rings is 1. The van der Waals surface area contributed by atoms with E-state index in [0.29, 0.717) is 18.2 Å². The van der Waals surface area contributed by atoms with Crippen molar-refractivity contribution in [2.45, 2.75) is 32.7 Å². The van der Waals surface area contributed by atoms with Crippen LogP contribution in [0.1, 0.15) is 42.7 Å². The molecule has 2 heterocycles. The van der Waals surface area contributed by atoms with E-state index in [1.807, 2.05) is 11.0 Å². The molecule has 2 unspecified atom stereocenters. The first-order valence-corrected chi connectivity index (χ1v) is 7.09. The van der Waals surface area contributed by atoms with Crippen LogP contribution in [-0.2, 0) is 0 Å². The van der Waals surface area contributed by atoms with E-state index in [1.54, 1.807) is 12.3 Å². The highest BCUT2D eigenvalue weighted by Gasteiger charge is 2.29. The van der Waals surface area contributed by atoms with E-state index < -0.39 is 0 Å². The Morgan fingerprint density at radius 2 is 2.30 bits per heavy atom. The predicted molar refractivity (Wildman–Crippen MR) is 79.1 cm³/mol. The quantitative estimate of drug-likeness (QED) is 0.790. The zero-order valence-electron chi connectivity index (χ0n) is 12.1. The second-order valence-corrected chi connectivity index (χ2v) is 5.30. The summed E-state index contributed by atoms with van der Waals surface area (Å²) in [5, 5.41) is 0. The maximum atomic E-state index is 12.5. The lowest BCUT2D eigenvalue weighted by molar-refractivity contribution is 0.0545. The Morgan fingerprint density at radius 3 is 2.95 bits per heavy atom. The van der Waals surface area contributed by atoms with Crippen molar-refractivity contribution in [3.8, 4) is 11.8 Å². The molecule has 0 aliphatic carbocycles. The van der Waals surface area contributed by atoms with Crippen molar-refractivity contribution < 1.29 is 4.79 Å². The highest BCUT2D eigenvalue weighted by atomic mass is 16.2. The van der Waals surface area contributed by atoms with E-state index in [-0.39, 0.29) is 11.9 Å². The van der Waals surface area contributed by atoms with Crippen molar-refractivity contribution in [3.63, 3.8) is 0 Å². The van der Waals surface area contributed by atoms with Crippen molar-refractivity contribution in [1.82, 2.24) is 9.88 Å². The second-order valence-electron chi connectivity index (χ2n) is 5.30. The molecule has 1 aromatic rings. The van der Waals surface area contributed by atoms with E-state index in [1.165, 1.54) is 6.42 Å². The lowest BCUT2D eigenvalue weighted by Gasteiger charge is -2.37. The molecule has 20 heavy (non-hydrogen) atoms. The van der Waals surface area contributed by atoms with Gasteiger partial charge in [0.05, 0.1) is 6.54 Å². The standard InChI is InChI=1S/C16H21N3O/c1-12-5-4-10-19(13(12)2)16(20)15-8-7-14(11-18-15)6-3-9-17/h7-8,11-13H,4-5,9-10,17H2,1-2H3. The van der Waals surface area contributed by atoms with Crippen LogP contribution < -0.4 is 5.73 Å². The van der Waals surface area contributed by atoms with Gasteiger partial charge in [0.2, 0.25) is 0 Å². The van der Waals surface area contributed by atoms with Crippen molar-refractivity contribution in [2.24, 2.45) is 11.7 Å². The highest BCUT2D eigenvalue weighted by molar-refractivity contribution is 5.92. The van der Waals surface area contributed by atoms with Crippen LogP contribution >= 0.6 is 0 Å². The summed E-state index contributed by atoms with van der Waals surface area (Å²) in [4.78, 5) is 18.7. The van der Waals surface area contributed by atoms with Crippen LogP contribution in [0.3, 0.4) is 0 Å². The Labute approximate surface area is 120 Å². The molecule has 2 rings (SSSR count). The number of carbonyl (C=O) groups excluding carboxylic acids is 1. The fourth-order valence-corrected chi connectivity index (χ4v) is 2.52. The number of amides is 1. The van der Waals surface area contributed by atoms with Gasteiger partial charge in [-0.3, -0.25) is 4.79 Å². The van der Waals surface area contributed by atoms with E-state index in [4.69, 9.17) is 5.73 Å². The van der Waals surface area contributed by atoms with Crippen LogP contribution in [0.25, 0.3) is 0 Å². The van der Waals surface area contributed by atoms with Crippen LogP contribution in [0.4, 0.5) is 0 Å². The second kappa shape index (κ2) is 6.53. The Hall–Kier alpha value is -1.86. The number of hydrogen-bond acceptors (Lipinski definition) is 3. The molecule has 2 N–H and O–H groups in total. The Kier molecular flexibility index (Phi) is 4.75.